The fourth-order valence-electron chi connectivity index (χ4n) is 3.20. The maximum absolute atomic E-state index is 14.4. The molecule has 1 N–H and O–H groups in total. The lowest BCUT2D eigenvalue weighted by Gasteiger charge is -2.21. The van der Waals surface area contributed by atoms with Crippen molar-refractivity contribution in [2.24, 2.45) is 0 Å². The first-order chi connectivity index (χ1) is 13.1. The lowest BCUT2D eigenvalue weighted by Crippen LogP contribution is -2.22. The number of carbonyl (C=O) groups excluding carboxylic acids is 1. The maximum Gasteiger partial charge on any atom is 0.278 e. The Hall–Kier alpha value is -2.86. The summed E-state index contributed by atoms with van der Waals surface area (Å²) in [6.45, 7) is 1.68. The third-order valence-corrected chi connectivity index (χ3v) is 4.76. The topological polar surface area (TPSA) is 58.4 Å². The molecule has 2 aromatic carbocycles. The van der Waals surface area contributed by atoms with Crippen LogP contribution in [-0.4, -0.2) is 24.2 Å². The van der Waals surface area contributed by atoms with Gasteiger partial charge >= 0.3 is 0 Å². The van der Waals surface area contributed by atoms with E-state index in [1.807, 2.05) is 6.07 Å². The molecule has 0 radical (unpaired) electrons. The molecule has 0 saturated carbocycles. The number of amides is 1. The summed E-state index contributed by atoms with van der Waals surface area (Å²) in [6, 6.07) is 13.3. The van der Waals surface area contributed by atoms with Crippen molar-refractivity contribution >= 4 is 28.9 Å². The highest BCUT2D eigenvalue weighted by atomic mass is 35.5. The van der Waals surface area contributed by atoms with Gasteiger partial charge in [-0.3, -0.25) is 4.79 Å². The van der Waals surface area contributed by atoms with Crippen molar-refractivity contribution in [3.05, 3.63) is 65.1 Å². The molecule has 138 valence electrons. The molecule has 7 heteroatoms. The zero-order valence-electron chi connectivity index (χ0n) is 14.4. The molecular weight excluding hydrogens is 369 g/mol. The SMILES string of the molecule is O=C(Nc1c(F)cccc1N1CCCC1)c1cc(-c2cccc(Cl)c2)on1. The molecule has 4 rings (SSSR count). The minimum Gasteiger partial charge on any atom is -0.370 e. The molecule has 1 aliphatic heterocycles. The van der Waals surface area contributed by atoms with Crippen LogP contribution in [-0.2, 0) is 0 Å². The number of rotatable bonds is 4. The van der Waals surface area contributed by atoms with E-state index in [4.69, 9.17) is 16.1 Å². The molecular formula is C20H17ClFN3O2. The highest BCUT2D eigenvalue weighted by Gasteiger charge is 2.21. The van der Waals surface area contributed by atoms with E-state index in [9.17, 15) is 9.18 Å². The molecule has 0 bridgehead atoms. The Morgan fingerprint density at radius 2 is 1.93 bits per heavy atom. The van der Waals surface area contributed by atoms with Crippen LogP contribution in [0.2, 0.25) is 5.02 Å². The quantitative estimate of drug-likeness (QED) is 0.687. The Morgan fingerprint density at radius 1 is 1.15 bits per heavy atom. The number of hydrogen-bond donors (Lipinski definition) is 1. The number of nitrogens with zero attached hydrogens (tertiary/aromatic N) is 2. The number of carbonyl (C=O) groups is 1. The second kappa shape index (κ2) is 7.40. The van der Waals surface area contributed by atoms with Crippen LogP contribution >= 0.6 is 11.6 Å². The Bertz CT molecular complexity index is 983. The van der Waals surface area contributed by atoms with Crippen molar-refractivity contribution in [2.75, 3.05) is 23.3 Å². The van der Waals surface area contributed by atoms with E-state index in [0.717, 1.165) is 25.9 Å². The molecule has 0 aliphatic carbocycles. The highest BCUT2D eigenvalue weighted by Crippen LogP contribution is 2.32. The van der Waals surface area contributed by atoms with E-state index >= 15 is 0 Å². The van der Waals surface area contributed by atoms with Crippen LogP contribution in [0.5, 0.6) is 0 Å². The minimum atomic E-state index is -0.530. The zero-order valence-corrected chi connectivity index (χ0v) is 15.2. The van der Waals surface area contributed by atoms with Gasteiger partial charge in [0.2, 0.25) is 0 Å². The van der Waals surface area contributed by atoms with Crippen molar-refractivity contribution in [1.82, 2.24) is 5.16 Å². The molecule has 27 heavy (non-hydrogen) atoms. The minimum absolute atomic E-state index is 0.0700. The summed E-state index contributed by atoms with van der Waals surface area (Å²) in [5.74, 6) is -0.597. The zero-order chi connectivity index (χ0) is 18.8. The predicted octanol–water partition coefficient (Wildman–Crippen LogP) is 4.99. The lowest BCUT2D eigenvalue weighted by molar-refractivity contribution is 0.101. The second-order valence-corrected chi connectivity index (χ2v) is 6.81. The van der Waals surface area contributed by atoms with Crippen molar-refractivity contribution in [3.63, 3.8) is 0 Å². The van der Waals surface area contributed by atoms with Gasteiger partial charge in [-0.05, 0) is 37.1 Å². The number of aromatic nitrogens is 1. The molecule has 3 aromatic rings. The Kier molecular flexibility index (Phi) is 4.81. The second-order valence-electron chi connectivity index (χ2n) is 6.37. The molecule has 1 fully saturated rings. The van der Waals surface area contributed by atoms with Crippen LogP contribution in [0, 0.1) is 5.82 Å². The summed E-state index contributed by atoms with van der Waals surface area (Å²) >= 11 is 5.98. The molecule has 2 heterocycles. The van der Waals surface area contributed by atoms with E-state index in [0.29, 0.717) is 22.0 Å². The smallest absolute Gasteiger partial charge is 0.278 e. The molecule has 1 saturated heterocycles. The first-order valence-electron chi connectivity index (χ1n) is 8.69. The van der Waals surface area contributed by atoms with Gasteiger partial charge in [-0.15, -0.1) is 0 Å². The summed E-state index contributed by atoms with van der Waals surface area (Å²) in [6.07, 6.45) is 2.10. The number of benzene rings is 2. The fourth-order valence-corrected chi connectivity index (χ4v) is 3.39. The van der Waals surface area contributed by atoms with E-state index in [1.165, 1.54) is 12.1 Å². The van der Waals surface area contributed by atoms with Gasteiger partial charge in [0.05, 0.1) is 5.69 Å². The summed E-state index contributed by atoms with van der Waals surface area (Å²) in [7, 11) is 0. The van der Waals surface area contributed by atoms with Crippen molar-refractivity contribution < 1.29 is 13.7 Å². The lowest BCUT2D eigenvalue weighted by atomic mass is 10.1. The van der Waals surface area contributed by atoms with Gasteiger partial charge < -0.3 is 14.7 Å². The molecule has 5 nitrogen and oxygen atoms in total. The predicted molar refractivity (Wildman–Crippen MR) is 103 cm³/mol. The first-order valence-corrected chi connectivity index (χ1v) is 9.07. The van der Waals surface area contributed by atoms with Crippen LogP contribution in [0.4, 0.5) is 15.8 Å². The third kappa shape index (κ3) is 3.66. The van der Waals surface area contributed by atoms with E-state index in [2.05, 4.69) is 15.4 Å². The molecule has 0 unspecified atom stereocenters. The number of para-hydroxylation sites is 1. The highest BCUT2D eigenvalue weighted by molar-refractivity contribution is 6.30. The van der Waals surface area contributed by atoms with Gasteiger partial charge in [-0.25, -0.2) is 4.39 Å². The fraction of sp³-hybridized carbons (Fsp3) is 0.200. The van der Waals surface area contributed by atoms with Gasteiger partial charge in [0.15, 0.2) is 11.5 Å². The van der Waals surface area contributed by atoms with Crippen LogP contribution < -0.4 is 10.2 Å². The normalized spacial score (nSPS) is 13.8. The number of anilines is 2. The largest absolute Gasteiger partial charge is 0.370 e. The van der Waals surface area contributed by atoms with Crippen LogP contribution in [0.15, 0.2) is 53.1 Å². The summed E-state index contributed by atoms with van der Waals surface area (Å²) in [5, 5.41) is 7.01. The third-order valence-electron chi connectivity index (χ3n) is 4.53. The summed E-state index contributed by atoms with van der Waals surface area (Å²) in [5.41, 5.74) is 1.62. The van der Waals surface area contributed by atoms with E-state index in [1.54, 1.807) is 30.3 Å². The summed E-state index contributed by atoms with van der Waals surface area (Å²) < 4.78 is 19.6. The number of nitrogens with one attached hydrogen (secondary N) is 1. The van der Waals surface area contributed by atoms with Crippen molar-refractivity contribution in [2.45, 2.75) is 12.8 Å². The Labute approximate surface area is 160 Å². The molecule has 0 spiro atoms. The molecule has 1 aromatic heterocycles. The van der Waals surface area contributed by atoms with Gasteiger partial charge in [0.25, 0.3) is 5.91 Å². The average Bonchev–Trinajstić information content (AvgIpc) is 3.35. The van der Waals surface area contributed by atoms with Crippen molar-refractivity contribution in [1.29, 1.82) is 0 Å². The van der Waals surface area contributed by atoms with Crippen LogP contribution in [0.1, 0.15) is 23.3 Å². The van der Waals surface area contributed by atoms with Crippen LogP contribution in [0.25, 0.3) is 11.3 Å². The van der Waals surface area contributed by atoms with Crippen molar-refractivity contribution in [3.8, 4) is 11.3 Å². The van der Waals surface area contributed by atoms with Gasteiger partial charge in [0, 0.05) is 29.7 Å². The van der Waals surface area contributed by atoms with E-state index in [-0.39, 0.29) is 11.4 Å². The molecule has 0 atom stereocenters. The molecule has 1 amide bonds. The number of hydrogen-bond acceptors (Lipinski definition) is 4. The van der Waals surface area contributed by atoms with Gasteiger partial charge in [-0.2, -0.15) is 0 Å². The van der Waals surface area contributed by atoms with Crippen LogP contribution in [0.3, 0.4) is 0 Å². The number of halogens is 2. The standard InChI is InChI=1S/C20H17ClFN3O2/c21-14-6-3-5-13(11-14)18-12-16(24-27-18)20(26)23-19-15(22)7-4-8-17(19)25-9-1-2-10-25/h3-8,11-12H,1-2,9-10H2,(H,23,26). The molecule has 1 aliphatic rings. The monoisotopic (exact) mass is 385 g/mol. The Balaban J connectivity index is 1.58. The first kappa shape index (κ1) is 17.5. The van der Waals surface area contributed by atoms with Gasteiger partial charge in [-0.1, -0.05) is 35.0 Å². The van der Waals surface area contributed by atoms with Gasteiger partial charge in [0.1, 0.15) is 11.5 Å². The maximum atomic E-state index is 14.4. The average molecular weight is 386 g/mol. The Morgan fingerprint density at radius 3 is 2.70 bits per heavy atom. The summed E-state index contributed by atoms with van der Waals surface area (Å²) in [4.78, 5) is 14.7. The van der Waals surface area contributed by atoms with E-state index < -0.39 is 11.7 Å².